The van der Waals surface area contributed by atoms with Crippen molar-refractivity contribution in [2.45, 2.75) is 38.7 Å². The van der Waals surface area contributed by atoms with E-state index in [4.69, 9.17) is 5.11 Å². The first-order chi connectivity index (χ1) is 5.16. The molecule has 0 fully saturated rings. The van der Waals surface area contributed by atoms with Gasteiger partial charge in [-0.15, -0.1) is 6.58 Å². The molecule has 0 aliphatic rings. The van der Waals surface area contributed by atoms with Crippen molar-refractivity contribution in [3.8, 4) is 0 Å². The lowest BCUT2D eigenvalue weighted by atomic mass is 10.1. The van der Waals surface area contributed by atoms with Crippen LogP contribution < -0.4 is 0 Å². The van der Waals surface area contributed by atoms with Crippen LogP contribution in [-0.4, -0.2) is 22.9 Å². The first kappa shape index (κ1) is 10.7. The van der Waals surface area contributed by atoms with E-state index in [9.17, 15) is 5.11 Å². The van der Waals surface area contributed by atoms with E-state index in [0.717, 1.165) is 18.4 Å². The predicted molar refractivity (Wildman–Crippen MR) is 46.4 cm³/mol. The average molecular weight is 158 g/mol. The van der Waals surface area contributed by atoms with Crippen LogP contribution in [0.4, 0.5) is 0 Å². The van der Waals surface area contributed by atoms with Crippen LogP contribution >= 0.6 is 0 Å². The summed E-state index contributed by atoms with van der Waals surface area (Å²) >= 11 is 0. The summed E-state index contributed by atoms with van der Waals surface area (Å²) in [5.74, 6) is 0. The highest BCUT2D eigenvalue weighted by atomic mass is 16.3. The fraction of sp³-hybridized carbons (Fsp3) is 0.778. The molecule has 66 valence electrons. The van der Waals surface area contributed by atoms with Crippen LogP contribution in [-0.2, 0) is 0 Å². The lowest BCUT2D eigenvalue weighted by molar-refractivity contribution is 0.141. The summed E-state index contributed by atoms with van der Waals surface area (Å²) in [7, 11) is 0. The van der Waals surface area contributed by atoms with Gasteiger partial charge in [-0.2, -0.15) is 0 Å². The molecular weight excluding hydrogens is 140 g/mol. The standard InChI is InChI=1S/C9H18O2/c1-8(2)5-6-9(11)4-3-7-10/h9-11H,1,3-7H2,2H3. The van der Waals surface area contributed by atoms with E-state index in [0.29, 0.717) is 12.8 Å². The fourth-order valence-corrected chi connectivity index (χ4v) is 0.884. The van der Waals surface area contributed by atoms with E-state index >= 15 is 0 Å². The van der Waals surface area contributed by atoms with Crippen LogP contribution in [0.1, 0.15) is 32.6 Å². The van der Waals surface area contributed by atoms with Crippen LogP contribution in [0.15, 0.2) is 12.2 Å². The minimum atomic E-state index is -0.265. The maximum Gasteiger partial charge on any atom is 0.0544 e. The van der Waals surface area contributed by atoms with Crippen LogP contribution in [0.3, 0.4) is 0 Å². The number of hydrogen-bond donors (Lipinski definition) is 2. The highest BCUT2D eigenvalue weighted by molar-refractivity contribution is 4.88. The molecule has 0 aromatic heterocycles. The van der Waals surface area contributed by atoms with Crippen LogP contribution in [0.2, 0.25) is 0 Å². The van der Waals surface area contributed by atoms with Crippen LogP contribution in [0.5, 0.6) is 0 Å². The summed E-state index contributed by atoms with van der Waals surface area (Å²) in [4.78, 5) is 0. The topological polar surface area (TPSA) is 40.5 Å². The van der Waals surface area contributed by atoms with Crippen molar-refractivity contribution in [3.63, 3.8) is 0 Å². The molecule has 0 aromatic rings. The number of allylic oxidation sites excluding steroid dienone is 1. The third-order valence-electron chi connectivity index (χ3n) is 1.60. The molecular formula is C9H18O2. The van der Waals surface area contributed by atoms with Crippen LogP contribution in [0, 0.1) is 0 Å². The number of rotatable bonds is 6. The van der Waals surface area contributed by atoms with Gasteiger partial charge >= 0.3 is 0 Å². The van der Waals surface area contributed by atoms with Crippen molar-refractivity contribution < 1.29 is 10.2 Å². The maximum absolute atomic E-state index is 9.28. The Morgan fingerprint density at radius 3 is 2.55 bits per heavy atom. The molecule has 11 heavy (non-hydrogen) atoms. The molecule has 2 nitrogen and oxygen atoms in total. The third-order valence-corrected chi connectivity index (χ3v) is 1.60. The van der Waals surface area contributed by atoms with E-state index in [1.54, 1.807) is 0 Å². The van der Waals surface area contributed by atoms with Crippen molar-refractivity contribution >= 4 is 0 Å². The maximum atomic E-state index is 9.28. The first-order valence-corrected chi connectivity index (χ1v) is 4.10. The highest BCUT2D eigenvalue weighted by Crippen LogP contribution is 2.08. The van der Waals surface area contributed by atoms with Crippen LogP contribution in [0.25, 0.3) is 0 Å². The van der Waals surface area contributed by atoms with Gasteiger partial charge in [0.25, 0.3) is 0 Å². The number of aliphatic hydroxyl groups is 2. The summed E-state index contributed by atoms with van der Waals surface area (Å²) in [6.45, 7) is 5.87. The molecule has 0 spiro atoms. The molecule has 1 atom stereocenters. The Kier molecular flexibility index (Phi) is 6.18. The zero-order chi connectivity index (χ0) is 8.69. The quantitative estimate of drug-likeness (QED) is 0.575. The molecule has 1 unspecified atom stereocenters. The molecule has 0 amide bonds. The van der Waals surface area contributed by atoms with Crippen molar-refractivity contribution in [2.75, 3.05) is 6.61 Å². The lowest BCUT2D eigenvalue weighted by Gasteiger charge is -2.08. The molecule has 2 heteroatoms. The molecule has 0 heterocycles. The Bertz CT molecular complexity index is 110. The zero-order valence-corrected chi connectivity index (χ0v) is 7.21. The van der Waals surface area contributed by atoms with E-state index in [-0.39, 0.29) is 12.7 Å². The number of hydrogen-bond acceptors (Lipinski definition) is 2. The van der Waals surface area contributed by atoms with Crippen molar-refractivity contribution in [2.24, 2.45) is 0 Å². The second-order valence-electron chi connectivity index (χ2n) is 3.02. The smallest absolute Gasteiger partial charge is 0.0544 e. The summed E-state index contributed by atoms with van der Waals surface area (Å²) in [6.07, 6.45) is 2.78. The van der Waals surface area contributed by atoms with Gasteiger partial charge in [-0.3, -0.25) is 0 Å². The van der Waals surface area contributed by atoms with Gasteiger partial charge < -0.3 is 10.2 Å². The highest BCUT2D eigenvalue weighted by Gasteiger charge is 2.02. The summed E-state index contributed by atoms with van der Waals surface area (Å²) < 4.78 is 0. The zero-order valence-electron chi connectivity index (χ0n) is 7.21. The molecule has 0 saturated carbocycles. The van der Waals surface area contributed by atoms with E-state index in [2.05, 4.69) is 6.58 Å². The molecule has 0 bridgehead atoms. The molecule has 0 aliphatic heterocycles. The van der Waals surface area contributed by atoms with E-state index < -0.39 is 0 Å². The Morgan fingerprint density at radius 1 is 1.45 bits per heavy atom. The lowest BCUT2D eigenvalue weighted by Crippen LogP contribution is -2.06. The summed E-state index contributed by atoms with van der Waals surface area (Å²) in [5, 5.41) is 17.7. The Hall–Kier alpha value is -0.340. The van der Waals surface area contributed by atoms with Gasteiger partial charge in [0.15, 0.2) is 0 Å². The Balaban J connectivity index is 3.22. The minimum absolute atomic E-state index is 0.171. The van der Waals surface area contributed by atoms with E-state index in [1.807, 2.05) is 6.92 Å². The molecule has 0 rings (SSSR count). The van der Waals surface area contributed by atoms with Crippen molar-refractivity contribution in [1.82, 2.24) is 0 Å². The fourth-order valence-electron chi connectivity index (χ4n) is 0.884. The molecule has 0 radical (unpaired) electrons. The second kappa shape index (κ2) is 6.38. The Labute approximate surface area is 68.6 Å². The van der Waals surface area contributed by atoms with Gasteiger partial charge in [-0.05, 0) is 32.6 Å². The first-order valence-electron chi connectivity index (χ1n) is 4.10. The number of aliphatic hydroxyl groups excluding tert-OH is 2. The third kappa shape index (κ3) is 7.56. The Morgan fingerprint density at radius 2 is 2.09 bits per heavy atom. The average Bonchev–Trinajstić information content (AvgIpc) is 1.97. The molecule has 0 aromatic carbocycles. The largest absolute Gasteiger partial charge is 0.396 e. The normalized spacial score (nSPS) is 13.0. The van der Waals surface area contributed by atoms with Gasteiger partial charge in [0, 0.05) is 6.61 Å². The van der Waals surface area contributed by atoms with Gasteiger partial charge in [0.1, 0.15) is 0 Å². The van der Waals surface area contributed by atoms with Crippen molar-refractivity contribution in [1.29, 1.82) is 0 Å². The molecule has 2 N–H and O–H groups in total. The minimum Gasteiger partial charge on any atom is -0.396 e. The van der Waals surface area contributed by atoms with Gasteiger partial charge in [-0.25, -0.2) is 0 Å². The van der Waals surface area contributed by atoms with Gasteiger partial charge in [0.05, 0.1) is 6.10 Å². The SMILES string of the molecule is C=C(C)CCC(O)CCCO. The molecule has 0 saturated heterocycles. The second-order valence-corrected chi connectivity index (χ2v) is 3.02. The molecule has 0 aliphatic carbocycles. The summed E-state index contributed by atoms with van der Waals surface area (Å²) in [5.41, 5.74) is 1.10. The van der Waals surface area contributed by atoms with E-state index in [1.165, 1.54) is 0 Å². The summed E-state index contributed by atoms with van der Waals surface area (Å²) in [6, 6.07) is 0. The van der Waals surface area contributed by atoms with Gasteiger partial charge in [-0.1, -0.05) is 5.57 Å². The van der Waals surface area contributed by atoms with Crippen molar-refractivity contribution in [3.05, 3.63) is 12.2 Å². The van der Waals surface area contributed by atoms with Gasteiger partial charge in [0.2, 0.25) is 0 Å². The predicted octanol–water partition coefficient (Wildman–Crippen LogP) is 1.48. The monoisotopic (exact) mass is 158 g/mol.